The summed E-state index contributed by atoms with van der Waals surface area (Å²) < 4.78 is 25.0. The van der Waals surface area contributed by atoms with E-state index >= 15 is 0 Å². The van der Waals surface area contributed by atoms with E-state index in [0.29, 0.717) is 10.6 Å². The maximum atomic E-state index is 13.0. The molecule has 1 nitrogen and oxygen atoms in total. The van der Waals surface area contributed by atoms with Crippen molar-refractivity contribution in [2.75, 3.05) is 0 Å². The largest absolute Gasteiger partial charge is 0.254 e. The zero-order valence-corrected chi connectivity index (χ0v) is 11.1. The highest BCUT2D eigenvalue weighted by molar-refractivity contribution is 7.84. The SMILES string of the molecule is CCc1ccc(CS(=O)c2cccc(F)c2)s1. The van der Waals surface area contributed by atoms with Gasteiger partial charge in [0.25, 0.3) is 0 Å². The Morgan fingerprint density at radius 2 is 2.00 bits per heavy atom. The third-order valence-electron chi connectivity index (χ3n) is 2.40. The minimum absolute atomic E-state index is 0.337. The number of rotatable bonds is 4. The standard InChI is InChI=1S/C13H13FOS2/c1-2-11-6-7-12(16-11)9-17(15)13-5-3-4-10(14)8-13/h3-8H,2,9H2,1H3. The second kappa shape index (κ2) is 5.56. The number of hydrogen-bond acceptors (Lipinski definition) is 2. The summed E-state index contributed by atoms with van der Waals surface area (Å²) in [6.45, 7) is 2.10. The van der Waals surface area contributed by atoms with Gasteiger partial charge in [0, 0.05) is 14.6 Å². The molecule has 0 amide bonds. The van der Waals surface area contributed by atoms with Crippen LogP contribution in [0.3, 0.4) is 0 Å². The van der Waals surface area contributed by atoms with E-state index in [1.54, 1.807) is 23.5 Å². The lowest BCUT2D eigenvalue weighted by Gasteiger charge is -2.00. The van der Waals surface area contributed by atoms with Crippen molar-refractivity contribution in [2.45, 2.75) is 24.0 Å². The molecule has 4 heteroatoms. The van der Waals surface area contributed by atoms with Gasteiger partial charge in [-0.2, -0.15) is 0 Å². The highest BCUT2D eigenvalue weighted by atomic mass is 32.2. The van der Waals surface area contributed by atoms with E-state index in [4.69, 9.17) is 0 Å². The van der Waals surface area contributed by atoms with Gasteiger partial charge in [-0.1, -0.05) is 13.0 Å². The molecule has 1 unspecified atom stereocenters. The molecule has 0 aliphatic heterocycles. The van der Waals surface area contributed by atoms with Crippen LogP contribution < -0.4 is 0 Å². The van der Waals surface area contributed by atoms with E-state index in [2.05, 4.69) is 13.0 Å². The van der Waals surface area contributed by atoms with Gasteiger partial charge in [0.1, 0.15) is 5.82 Å². The quantitative estimate of drug-likeness (QED) is 0.825. The fourth-order valence-corrected chi connectivity index (χ4v) is 3.82. The lowest BCUT2D eigenvalue weighted by molar-refractivity contribution is 0.622. The number of thiophene rings is 1. The smallest absolute Gasteiger partial charge is 0.124 e. The summed E-state index contributed by atoms with van der Waals surface area (Å²) in [5.74, 6) is 0.130. The van der Waals surface area contributed by atoms with Crippen molar-refractivity contribution in [3.05, 3.63) is 52.0 Å². The molecule has 1 aromatic heterocycles. The van der Waals surface area contributed by atoms with Gasteiger partial charge in [-0.05, 0) is 36.8 Å². The molecule has 0 aliphatic rings. The van der Waals surface area contributed by atoms with Crippen molar-refractivity contribution >= 4 is 22.1 Å². The van der Waals surface area contributed by atoms with E-state index in [1.807, 2.05) is 6.07 Å². The molecule has 0 spiro atoms. The molecule has 0 fully saturated rings. The first-order valence-electron chi connectivity index (χ1n) is 5.40. The third kappa shape index (κ3) is 3.23. The Morgan fingerprint density at radius 1 is 1.24 bits per heavy atom. The maximum Gasteiger partial charge on any atom is 0.124 e. The van der Waals surface area contributed by atoms with Crippen LogP contribution in [0.5, 0.6) is 0 Å². The van der Waals surface area contributed by atoms with Crippen molar-refractivity contribution in [1.82, 2.24) is 0 Å². The minimum atomic E-state index is -1.16. The van der Waals surface area contributed by atoms with Crippen LogP contribution in [0.15, 0.2) is 41.3 Å². The van der Waals surface area contributed by atoms with E-state index in [-0.39, 0.29) is 5.82 Å². The Morgan fingerprint density at radius 3 is 2.65 bits per heavy atom. The van der Waals surface area contributed by atoms with Crippen molar-refractivity contribution in [1.29, 1.82) is 0 Å². The molecule has 2 rings (SSSR count). The first-order chi connectivity index (χ1) is 8.19. The van der Waals surface area contributed by atoms with Gasteiger partial charge in [0.2, 0.25) is 0 Å². The van der Waals surface area contributed by atoms with Crippen LogP contribution in [0.2, 0.25) is 0 Å². The highest BCUT2D eigenvalue weighted by Gasteiger charge is 2.07. The molecule has 2 aromatic rings. The summed E-state index contributed by atoms with van der Waals surface area (Å²) in [7, 11) is -1.16. The second-order valence-corrected chi connectivity index (χ2v) is 6.37. The number of benzene rings is 1. The second-order valence-electron chi connectivity index (χ2n) is 3.67. The molecule has 0 bridgehead atoms. The molecular formula is C13H13FOS2. The van der Waals surface area contributed by atoms with E-state index in [1.165, 1.54) is 17.0 Å². The molecule has 17 heavy (non-hydrogen) atoms. The first kappa shape index (κ1) is 12.5. The van der Waals surface area contributed by atoms with Crippen molar-refractivity contribution in [2.24, 2.45) is 0 Å². The van der Waals surface area contributed by atoms with Crippen LogP contribution in [-0.4, -0.2) is 4.21 Å². The van der Waals surface area contributed by atoms with Gasteiger partial charge in [-0.15, -0.1) is 11.3 Å². The van der Waals surface area contributed by atoms with Crippen LogP contribution in [0, 0.1) is 5.82 Å². The summed E-state index contributed by atoms with van der Waals surface area (Å²) in [5, 5.41) is 0. The Bertz CT molecular complexity index is 534. The lowest BCUT2D eigenvalue weighted by Crippen LogP contribution is -1.95. The lowest BCUT2D eigenvalue weighted by atomic mass is 10.3. The zero-order valence-electron chi connectivity index (χ0n) is 9.48. The molecule has 90 valence electrons. The molecule has 1 heterocycles. The molecule has 0 saturated heterocycles. The fourth-order valence-electron chi connectivity index (χ4n) is 1.51. The van der Waals surface area contributed by atoms with Crippen LogP contribution in [0.25, 0.3) is 0 Å². The zero-order chi connectivity index (χ0) is 12.3. The van der Waals surface area contributed by atoms with Crippen LogP contribution >= 0.6 is 11.3 Å². The van der Waals surface area contributed by atoms with Crippen molar-refractivity contribution in [3.8, 4) is 0 Å². The molecular weight excluding hydrogens is 255 g/mol. The summed E-state index contributed by atoms with van der Waals surface area (Å²) >= 11 is 1.67. The van der Waals surface area contributed by atoms with Crippen LogP contribution in [-0.2, 0) is 23.0 Å². The summed E-state index contributed by atoms with van der Waals surface area (Å²) in [5.41, 5.74) is 0. The Hall–Kier alpha value is -1.00. The summed E-state index contributed by atoms with van der Waals surface area (Å²) in [6, 6.07) is 10.1. The maximum absolute atomic E-state index is 13.0. The average molecular weight is 268 g/mol. The molecule has 0 aliphatic carbocycles. The Labute approximate surface area is 107 Å². The van der Waals surface area contributed by atoms with Crippen molar-refractivity contribution in [3.63, 3.8) is 0 Å². The predicted octanol–water partition coefficient (Wildman–Crippen LogP) is 3.76. The normalized spacial score (nSPS) is 12.6. The monoisotopic (exact) mass is 268 g/mol. The number of aryl methyl sites for hydroxylation is 1. The molecule has 1 atom stereocenters. The first-order valence-corrected chi connectivity index (χ1v) is 7.54. The number of halogens is 1. The van der Waals surface area contributed by atoms with Gasteiger partial charge in [-0.3, -0.25) is 4.21 Å². The van der Waals surface area contributed by atoms with Crippen LogP contribution in [0.1, 0.15) is 16.7 Å². The van der Waals surface area contributed by atoms with Gasteiger partial charge < -0.3 is 0 Å². The van der Waals surface area contributed by atoms with Crippen LogP contribution in [0.4, 0.5) is 4.39 Å². The number of hydrogen-bond donors (Lipinski definition) is 0. The third-order valence-corrected chi connectivity index (χ3v) is 5.16. The molecule has 0 radical (unpaired) electrons. The molecule has 1 aromatic carbocycles. The highest BCUT2D eigenvalue weighted by Crippen LogP contribution is 2.21. The average Bonchev–Trinajstić information content (AvgIpc) is 2.77. The topological polar surface area (TPSA) is 17.1 Å². The fraction of sp³-hybridized carbons (Fsp3) is 0.231. The van der Waals surface area contributed by atoms with Gasteiger partial charge in [0.15, 0.2) is 0 Å². The minimum Gasteiger partial charge on any atom is -0.254 e. The Balaban J connectivity index is 2.11. The summed E-state index contributed by atoms with van der Waals surface area (Å²) in [4.78, 5) is 2.93. The van der Waals surface area contributed by atoms with Gasteiger partial charge in [0.05, 0.1) is 16.6 Å². The van der Waals surface area contributed by atoms with E-state index < -0.39 is 10.8 Å². The van der Waals surface area contributed by atoms with E-state index in [9.17, 15) is 8.60 Å². The summed E-state index contributed by atoms with van der Waals surface area (Å²) in [6.07, 6.45) is 0.997. The van der Waals surface area contributed by atoms with Gasteiger partial charge in [-0.25, -0.2) is 4.39 Å². The van der Waals surface area contributed by atoms with Gasteiger partial charge >= 0.3 is 0 Å². The van der Waals surface area contributed by atoms with Crippen molar-refractivity contribution < 1.29 is 8.60 Å². The molecule has 0 saturated carbocycles. The molecule has 0 N–H and O–H groups in total. The van der Waals surface area contributed by atoms with E-state index in [0.717, 1.165) is 11.3 Å². The Kier molecular flexibility index (Phi) is 4.07. The predicted molar refractivity (Wildman–Crippen MR) is 70.2 cm³/mol.